The molecule has 1 N–H and O–H groups in total. The molecule has 166 valence electrons. The first-order valence-corrected chi connectivity index (χ1v) is 11.9. The van der Waals surface area contributed by atoms with Crippen molar-refractivity contribution in [3.05, 3.63) is 77.4 Å². The molecule has 4 heteroatoms. The number of carbonyl (C=O) groups is 1. The minimum Gasteiger partial charge on any atom is -0.492 e. The Kier molecular flexibility index (Phi) is 5.88. The minimum absolute atomic E-state index is 0.0191. The first-order valence-electron chi connectivity index (χ1n) is 11.9. The van der Waals surface area contributed by atoms with Gasteiger partial charge in [0, 0.05) is 12.1 Å². The van der Waals surface area contributed by atoms with E-state index in [1.165, 1.54) is 48.7 Å². The Bertz CT molecular complexity index is 1110. The number of benzene rings is 3. The van der Waals surface area contributed by atoms with E-state index in [2.05, 4.69) is 52.7 Å². The molecule has 1 saturated heterocycles. The number of aryl methyl sites for hydroxylation is 1. The third kappa shape index (κ3) is 4.37. The zero-order valence-electron chi connectivity index (χ0n) is 18.9. The summed E-state index contributed by atoms with van der Waals surface area (Å²) in [5.74, 6) is 0.752. The van der Waals surface area contributed by atoms with Gasteiger partial charge < -0.3 is 10.1 Å². The topological polar surface area (TPSA) is 41.6 Å². The van der Waals surface area contributed by atoms with E-state index in [9.17, 15) is 4.79 Å². The average molecular weight is 429 g/mol. The molecule has 0 spiro atoms. The van der Waals surface area contributed by atoms with Crippen molar-refractivity contribution >= 4 is 16.7 Å². The zero-order chi connectivity index (χ0) is 22.0. The van der Waals surface area contributed by atoms with Gasteiger partial charge in [0.1, 0.15) is 12.4 Å². The molecule has 0 aromatic heterocycles. The molecule has 2 aliphatic rings. The Labute approximate surface area is 190 Å². The maximum absolute atomic E-state index is 13.3. The molecule has 1 saturated carbocycles. The lowest BCUT2D eigenvalue weighted by Crippen LogP contribution is -2.35. The average Bonchev–Trinajstić information content (AvgIpc) is 3.60. The van der Waals surface area contributed by atoms with Crippen LogP contribution >= 0.6 is 0 Å². The van der Waals surface area contributed by atoms with Crippen LogP contribution in [0.25, 0.3) is 10.8 Å². The second kappa shape index (κ2) is 8.95. The second-order valence-electron chi connectivity index (χ2n) is 9.29. The first kappa shape index (κ1) is 21.0. The monoisotopic (exact) mass is 428 g/mol. The van der Waals surface area contributed by atoms with Crippen LogP contribution in [0.5, 0.6) is 5.75 Å². The molecule has 1 aliphatic heterocycles. The fraction of sp³-hybridized carbons (Fsp3) is 0.393. The number of hydrogen-bond acceptors (Lipinski definition) is 3. The fourth-order valence-corrected chi connectivity index (χ4v) is 4.93. The number of ether oxygens (including phenoxy) is 1. The molecular formula is C28H32N2O2. The van der Waals surface area contributed by atoms with E-state index in [-0.39, 0.29) is 11.4 Å². The van der Waals surface area contributed by atoms with Gasteiger partial charge >= 0.3 is 0 Å². The Balaban J connectivity index is 1.29. The lowest BCUT2D eigenvalue weighted by Gasteiger charge is -2.26. The zero-order valence-corrected chi connectivity index (χ0v) is 18.9. The van der Waals surface area contributed by atoms with Gasteiger partial charge in [0.2, 0.25) is 0 Å². The molecule has 0 bridgehead atoms. The number of piperidine rings is 1. The van der Waals surface area contributed by atoms with E-state index < -0.39 is 0 Å². The predicted molar refractivity (Wildman–Crippen MR) is 129 cm³/mol. The number of carbonyl (C=O) groups excluding carboxylic acids is 1. The van der Waals surface area contributed by atoms with Gasteiger partial charge in [-0.05, 0) is 79.7 Å². The van der Waals surface area contributed by atoms with Crippen LogP contribution in [0, 0.1) is 6.92 Å². The van der Waals surface area contributed by atoms with E-state index in [1.54, 1.807) is 0 Å². The number of likely N-dealkylation sites (tertiary alicyclic amines) is 1. The third-order valence-corrected chi connectivity index (χ3v) is 6.99. The molecule has 4 nitrogen and oxygen atoms in total. The third-order valence-electron chi connectivity index (χ3n) is 6.99. The molecule has 1 amide bonds. The highest BCUT2D eigenvalue weighted by atomic mass is 16.5. The van der Waals surface area contributed by atoms with Crippen LogP contribution < -0.4 is 10.1 Å². The first-order chi connectivity index (χ1) is 15.6. The Morgan fingerprint density at radius 1 is 1.00 bits per heavy atom. The molecule has 2 fully saturated rings. The summed E-state index contributed by atoms with van der Waals surface area (Å²) in [7, 11) is 0. The maximum Gasteiger partial charge on any atom is 0.252 e. The maximum atomic E-state index is 13.3. The van der Waals surface area contributed by atoms with Gasteiger partial charge in [-0.25, -0.2) is 0 Å². The van der Waals surface area contributed by atoms with Gasteiger partial charge in [0.15, 0.2) is 0 Å². The molecule has 3 aromatic carbocycles. The molecule has 1 aliphatic carbocycles. The summed E-state index contributed by atoms with van der Waals surface area (Å²) in [6.45, 7) is 5.93. The Hall–Kier alpha value is -2.85. The summed E-state index contributed by atoms with van der Waals surface area (Å²) < 4.78 is 6.02. The van der Waals surface area contributed by atoms with Gasteiger partial charge in [-0.2, -0.15) is 0 Å². The number of nitrogens with one attached hydrogen (secondary N) is 1. The normalized spacial score (nSPS) is 17.8. The molecule has 0 atom stereocenters. The van der Waals surface area contributed by atoms with Crippen molar-refractivity contribution in [3.8, 4) is 5.75 Å². The molecule has 1 heterocycles. The highest BCUT2D eigenvalue weighted by Crippen LogP contribution is 2.48. The predicted octanol–water partition coefficient (Wildman–Crippen LogP) is 5.43. The molecular weight excluding hydrogens is 396 g/mol. The van der Waals surface area contributed by atoms with Gasteiger partial charge in [-0.15, -0.1) is 0 Å². The number of rotatable bonds is 7. The molecule has 32 heavy (non-hydrogen) atoms. The largest absolute Gasteiger partial charge is 0.492 e. The van der Waals surface area contributed by atoms with Crippen molar-refractivity contribution < 1.29 is 9.53 Å². The van der Waals surface area contributed by atoms with Crippen molar-refractivity contribution in [2.24, 2.45) is 0 Å². The Morgan fingerprint density at radius 2 is 1.78 bits per heavy atom. The summed E-state index contributed by atoms with van der Waals surface area (Å²) in [4.78, 5) is 15.8. The van der Waals surface area contributed by atoms with E-state index in [4.69, 9.17) is 4.74 Å². The minimum atomic E-state index is -0.268. The number of hydrogen-bond donors (Lipinski definition) is 1. The fourth-order valence-electron chi connectivity index (χ4n) is 4.93. The van der Waals surface area contributed by atoms with Crippen molar-refractivity contribution in [1.29, 1.82) is 0 Å². The van der Waals surface area contributed by atoms with Crippen LogP contribution in [0.1, 0.15) is 53.6 Å². The highest BCUT2D eigenvalue weighted by molar-refractivity contribution is 5.97. The van der Waals surface area contributed by atoms with Crippen LogP contribution in [0.15, 0.2) is 60.7 Å². The molecule has 0 unspecified atom stereocenters. The van der Waals surface area contributed by atoms with Crippen molar-refractivity contribution in [3.63, 3.8) is 0 Å². The van der Waals surface area contributed by atoms with Crippen LogP contribution in [0.2, 0.25) is 0 Å². The van der Waals surface area contributed by atoms with Crippen molar-refractivity contribution in [1.82, 2.24) is 10.2 Å². The summed E-state index contributed by atoms with van der Waals surface area (Å²) in [5, 5.41) is 5.80. The van der Waals surface area contributed by atoms with E-state index in [0.717, 1.165) is 30.7 Å². The van der Waals surface area contributed by atoms with Crippen LogP contribution in [-0.2, 0) is 5.54 Å². The second-order valence-corrected chi connectivity index (χ2v) is 9.29. The van der Waals surface area contributed by atoms with Crippen LogP contribution in [0.3, 0.4) is 0 Å². The van der Waals surface area contributed by atoms with Crippen molar-refractivity contribution in [2.75, 3.05) is 26.2 Å². The van der Waals surface area contributed by atoms with Gasteiger partial charge in [0.25, 0.3) is 5.91 Å². The molecule has 0 radical (unpaired) electrons. The van der Waals surface area contributed by atoms with E-state index in [1.807, 2.05) is 25.1 Å². The quantitative estimate of drug-likeness (QED) is 0.545. The summed E-state index contributed by atoms with van der Waals surface area (Å²) in [5.41, 5.74) is 2.62. The lowest BCUT2D eigenvalue weighted by atomic mass is 9.96. The molecule has 5 rings (SSSR count). The summed E-state index contributed by atoms with van der Waals surface area (Å²) in [6.07, 6.45) is 5.85. The smallest absolute Gasteiger partial charge is 0.252 e. The van der Waals surface area contributed by atoms with Crippen LogP contribution in [0.4, 0.5) is 0 Å². The SMILES string of the molecule is Cc1ccc(OCCN2CCCCC2)cc1C(=O)NC1(c2cccc3ccccc23)CC1. The van der Waals surface area contributed by atoms with Gasteiger partial charge in [0.05, 0.1) is 5.54 Å². The Morgan fingerprint density at radius 3 is 2.59 bits per heavy atom. The van der Waals surface area contributed by atoms with Gasteiger partial charge in [-0.1, -0.05) is 55.0 Å². The number of amides is 1. The molecule has 3 aromatic rings. The summed E-state index contributed by atoms with van der Waals surface area (Å²) in [6, 6.07) is 20.6. The van der Waals surface area contributed by atoms with Crippen molar-refractivity contribution in [2.45, 2.75) is 44.6 Å². The summed E-state index contributed by atoms with van der Waals surface area (Å²) >= 11 is 0. The van der Waals surface area contributed by atoms with Gasteiger partial charge in [-0.3, -0.25) is 9.69 Å². The lowest BCUT2D eigenvalue weighted by molar-refractivity contribution is 0.0930. The van der Waals surface area contributed by atoms with E-state index in [0.29, 0.717) is 12.2 Å². The number of nitrogens with zero attached hydrogens (tertiary/aromatic N) is 1. The standard InChI is InChI=1S/C28H32N2O2/c1-21-12-13-23(32-19-18-30-16-5-2-6-17-30)20-25(21)27(31)29-28(14-15-28)26-11-7-9-22-8-3-4-10-24(22)26/h3-4,7-13,20H,2,5-6,14-19H2,1H3,(H,29,31). The van der Waals surface area contributed by atoms with Crippen LogP contribution in [-0.4, -0.2) is 37.0 Å². The van der Waals surface area contributed by atoms with E-state index >= 15 is 0 Å². The highest BCUT2D eigenvalue weighted by Gasteiger charge is 2.46. The number of fused-ring (bicyclic) bond motifs is 1.